The molecule has 5 nitrogen and oxygen atoms in total. The highest BCUT2D eigenvalue weighted by atomic mass is 16.1. The average Bonchev–Trinajstić information content (AvgIpc) is 2.49. The van der Waals surface area contributed by atoms with E-state index in [0.717, 1.165) is 17.6 Å². The molecule has 5 heteroatoms. The lowest BCUT2D eigenvalue weighted by atomic mass is 10.1. The van der Waals surface area contributed by atoms with Crippen LogP contribution in [0.25, 0.3) is 10.8 Å². The summed E-state index contributed by atoms with van der Waals surface area (Å²) in [6, 6.07) is 7.51. The van der Waals surface area contributed by atoms with Crippen LogP contribution in [0, 0.1) is 0 Å². The van der Waals surface area contributed by atoms with Crippen LogP contribution in [0.5, 0.6) is 0 Å². The van der Waals surface area contributed by atoms with Crippen molar-refractivity contribution in [1.29, 1.82) is 0 Å². The number of aromatic nitrogens is 1. The van der Waals surface area contributed by atoms with E-state index < -0.39 is 0 Å². The number of anilines is 1. The second-order valence-corrected chi connectivity index (χ2v) is 4.55. The van der Waals surface area contributed by atoms with Gasteiger partial charge in [0, 0.05) is 43.5 Å². The maximum Gasteiger partial charge on any atom is 0.255 e. The zero-order valence-electron chi connectivity index (χ0n) is 11.8. The second-order valence-electron chi connectivity index (χ2n) is 4.55. The molecule has 0 aliphatic heterocycles. The molecule has 0 bridgehead atoms. The zero-order chi connectivity index (χ0) is 14.5. The van der Waals surface area contributed by atoms with Gasteiger partial charge in [-0.2, -0.15) is 0 Å². The molecule has 20 heavy (non-hydrogen) atoms. The van der Waals surface area contributed by atoms with Crippen molar-refractivity contribution in [1.82, 2.24) is 10.3 Å². The maximum atomic E-state index is 11.8. The van der Waals surface area contributed by atoms with Crippen LogP contribution in [0.2, 0.25) is 0 Å². The van der Waals surface area contributed by atoms with Crippen LogP contribution in [-0.2, 0) is 4.79 Å². The van der Waals surface area contributed by atoms with Crippen LogP contribution in [0.3, 0.4) is 0 Å². The van der Waals surface area contributed by atoms with Crippen molar-refractivity contribution in [2.24, 2.45) is 0 Å². The number of aromatic amines is 1. The standard InChI is InChI=1S/C15H19N3O2/c1-3-18(9-8-14(19)16-2)13-10-17-15(20)12-7-5-4-6-11(12)13/h4-7,10H,3,8-9H2,1-2H3,(H,16,19)(H,17,20). The Bertz CT molecular complexity index is 663. The Labute approximate surface area is 117 Å². The first-order valence-electron chi connectivity index (χ1n) is 6.73. The Hall–Kier alpha value is -2.30. The first kappa shape index (κ1) is 14.1. The summed E-state index contributed by atoms with van der Waals surface area (Å²) in [5, 5.41) is 4.20. The summed E-state index contributed by atoms with van der Waals surface area (Å²) >= 11 is 0. The van der Waals surface area contributed by atoms with Crippen LogP contribution in [0.1, 0.15) is 13.3 Å². The summed E-state index contributed by atoms with van der Waals surface area (Å²) in [6.07, 6.45) is 2.15. The molecule has 2 N–H and O–H groups in total. The highest BCUT2D eigenvalue weighted by Crippen LogP contribution is 2.23. The van der Waals surface area contributed by atoms with Gasteiger partial charge in [0.05, 0.1) is 5.69 Å². The maximum absolute atomic E-state index is 11.8. The molecule has 0 spiro atoms. The third-order valence-electron chi connectivity index (χ3n) is 3.40. The fraction of sp³-hybridized carbons (Fsp3) is 0.333. The summed E-state index contributed by atoms with van der Waals surface area (Å²) < 4.78 is 0. The van der Waals surface area contributed by atoms with Gasteiger partial charge >= 0.3 is 0 Å². The van der Waals surface area contributed by atoms with Crippen molar-refractivity contribution in [3.05, 3.63) is 40.8 Å². The van der Waals surface area contributed by atoms with Gasteiger partial charge < -0.3 is 15.2 Å². The number of hydrogen-bond acceptors (Lipinski definition) is 3. The average molecular weight is 273 g/mol. The third kappa shape index (κ3) is 2.82. The Morgan fingerprint density at radius 1 is 1.30 bits per heavy atom. The van der Waals surface area contributed by atoms with Gasteiger partial charge in [-0.3, -0.25) is 9.59 Å². The SMILES string of the molecule is CCN(CCC(=O)NC)c1c[nH]c(=O)c2ccccc12. The number of nitrogens with zero attached hydrogens (tertiary/aromatic N) is 1. The predicted molar refractivity (Wildman–Crippen MR) is 81.1 cm³/mol. The van der Waals surface area contributed by atoms with Gasteiger partial charge in [0.25, 0.3) is 5.56 Å². The first-order chi connectivity index (χ1) is 9.67. The molecule has 2 rings (SSSR count). The normalized spacial score (nSPS) is 10.5. The van der Waals surface area contributed by atoms with Gasteiger partial charge in [0.2, 0.25) is 5.91 Å². The van der Waals surface area contributed by atoms with Crippen LogP contribution >= 0.6 is 0 Å². The van der Waals surface area contributed by atoms with E-state index in [4.69, 9.17) is 0 Å². The summed E-state index contributed by atoms with van der Waals surface area (Å²) in [5.41, 5.74) is 0.860. The van der Waals surface area contributed by atoms with E-state index >= 15 is 0 Å². The highest BCUT2D eigenvalue weighted by molar-refractivity contribution is 5.93. The van der Waals surface area contributed by atoms with Crippen molar-refractivity contribution in [3.8, 4) is 0 Å². The number of hydrogen-bond donors (Lipinski definition) is 2. The number of fused-ring (bicyclic) bond motifs is 1. The number of H-pyrrole nitrogens is 1. The smallest absolute Gasteiger partial charge is 0.255 e. The van der Waals surface area contributed by atoms with E-state index in [1.54, 1.807) is 13.2 Å². The molecule has 0 aliphatic rings. The van der Waals surface area contributed by atoms with Crippen molar-refractivity contribution in [2.45, 2.75) is 13.3 Å². The lowest BCUT2D eigenvalue weighted by molar-refractivity contribution is -0.120. The number of carbonyl (C=O) groups is 1. The fourth-order valence-electron chi connectivity index (χ4n) is 2.27. The van der Waals surface area contributed by atoms with E-state index in [-0.39, 0.29) is 11.5 Å². The van der Waals surface area contributed by atoms with Gasteiger partial charge in [0.15, 0.2) is 0 Å². The predicted octanol–water partition coefficient (Wildman–Crippen LogP) is 1.49. The van der Waals surface area contributed by atoms with E-state index in [2.05, 4.69) is 15.2 Å². The van der Waals surface area contributed by atoms with Crippen LogP contribution in [0.4, 0.5) is 5.69 Å². The quantitative estimate of drug-likeness (QED) is 0.867. The highest BCUT2D eigenvalue weighted by Gasteiger charge is 2.11. The van der Waals surface area contributed by atoms with E-state index in [0.29, 0.717) is 18.4 Å². The minimum Gasteiger partial charge on any atom is -0.370 e. The molecular formula is C15H19N3O2. The third-order valence-corrected chi connectivity index (χ3v) is 3.40. The van der Waals surface area contributed by atoms with Gasteiger partial charge in [-0.25, -0.2) is 0 Å². The lowest BCUT2D eigenvalue weighted by Crippen LogP contribution is -2.29. The lowest BCUT2D eigenvalue weighted by Gasteiger charge is -2.24. The first-order valence-corrected chi connectivity index (χ1v) is 6.73. The molecule has 0 radical (unpaired) electrons. The van der Waals surface area contributed by atoms with Crippen molar-refractivity contribution in [3.63, 3.8) is 0 Å². The van der Waals surface area contributed by atoms with Gasteiger partial charge in [-0.05, 0) is 13.0 Å². The Kier molecular flexibility index (Phi) is 4.40. The van der Waals surface area contributed by atoms with Crippen molar-refractivity contribution in [2.75, 3.05) is 25.0 Å². The van der Waals surface area contributed by atoms with Gasteiger partial charge in [-0.1, -0.05) is 18.2 Å². The minimum atomic E-state index is -0.0910. The van der Waals surface area contributed by atoms with Crippen molar-refractivity contribution >= 4 is 22.4 Å². The Morgan fingerprint density at radius 2 is 2.00 bits per heavy atom. The second kappa shape index (κ2) is 6.23. The topological polar surface area (TPSA) is 65.2 Å². The molecule has 106 valence electrons. The summed E-state index contributed by atoms with van der Waals surface area (Å²) in [7, 11) is 1.63. The molecule has 1 heterocycles. The molecule has 1 amide bonds. The van der Waals surface area contributed by atoms with Crippen LogP contribution < -0.4 is 15.8 Å². The molecule has 1 aromatic heterocycles. The Morgan fingerprint density at radius 3 is 2.65 bits per heavy atom. The Balaban J connectivity index is 2.37. The number of amides is 1. The summed E-state index contributed by atoms with van der Waals surface area (Å²) in [6.45, 7) is 3.42. The van der Waals surface area contributed by atoms with Gasteiger partial charge in [-0.15, -0.1) is 0 Å². The fourth-order valence-corrected chi connectivity index (χ4v) is 2.27. The molecule has 0 saturated heterocycles. The van der Waals surface area contributed by atoms with E-state index in [1.165, 1.54) is 0 Å². The molecule has 0 saturated carbocycles. The summed E-state index contributed by atoms with van der Waals surface area (Å²) in [5.74, 6) is 0.0113. The minimum absolute atomic E-state index is 0.0113. The molecular weight excluding hydrogens is 254 g/mol. The monoisotopic (exact) mass is 273 g/mol. The zero-order valence-corrected chi connectivity index (χ0v) is 11.8. The molecule has 2 aromatic rings. The van der Waals surface area contributed by atoms with Crippen LogP contribution in [-0.4, -0.2) is 31.0 Å². The number of carbonyl (C=O) groups excluding carboxylic acids is 1. The molecule has 0 aliphatic carbocycles. The molecule has 0 atom stereocenters. The number of rotatable bonds is 5. The van der Waals surface area contributed by atoms with Gasteiger partial charge in [0.1, 0.15) is 0 Å². The number of pyridine rings is 1. The number of nitrogens with one attached hydrogen (secondary N) is 2. The molecule has 0 unspecified atom stereocenters. The number of benzene rings is 1. The molecule has 1 aromatic carbocycles. The van der Waals surface area contributed by atoms with Crippen LogP contribution in [0.15, 0.2) is 35.3 Å². The molecule has 0 fully saturated rings. The van der Waals surface area contributed by atoms with E-state index in [1.807, 2.05) is 31.2 Å². The van der Waals surface area contributed by atoms with Crippen molar-refractivity contribution < 1.29 is 4.79 Å². The summed E-state index contributed by atoms with van der Waals surface area (Å²) in [4.78, 5) is 28.1. The van der Waals surface area contributed by atoms with E-state index in [9.17, 15) is 9.59 Å². The largest absolute Gasteiger partial charge is 0.370 e.